The largest absolute Gasteiger partial charge is 0.392 e. The Hall–Kier alpha value is -0.860. The van der Waals surface area contributed by atoms with Crippen molar-refractivity contribution in [3.05, 3.63) is 0 Å². The van der Waals surface area contributed by atoms with Crippen LogP contribution < -0.4 is 0 Å². The minimum Gasteiger partial charge on any atom is -0.392 e. The number of cyclic esters (lactones) is 2. The van der Waals surface area contributed by atoms with Crippen molar-refractivity contribution in [2.45, 2.75) is 34.6 Å². The SMILES string of the molecule is CC1(C)C2C(=O)OC(=O)C2(C)C1(C)C. The van der Waals surface area contributed by atoms with E-state index in [0.717, 1.165) is 0 Å². The van der Waals surface area contributed by atoms with Crippen LogP contribution in [0.25, 0.3) is 0 Å². The molecule has 2 aliphatic rings. The first-order chi connectivity index (χ1) is 6.17. The maximum Gasteiger partial charge on any atom is 0.320 e. The standard InChI is InChI=1S/C11H16O3/c1-9(2)6-7(12)14-8(13)11(6,5)10(9,3)4/h6H,1-5H3. The van der Waals surface area contributed by atoms with E-state index in [9.17, 15) is 9.59 Å². The van der Waals surface area contributed by atoms with Crippen LogP contribution in [0.3, 0.4) is 0 Å². The molecule has 1 aliphatic heterocycles. The molecule has 0 radical (unpaired) electrons. The van der Waals surface area contributed by atoms with Gasteiger partial charge in [0.25, 0.3) is 0 Å². The molecule has 78 valence electrons. The summed E-state index contributed by atoms with van der Waals surface area (Å²) >= 11 is 0. The summed E-state index contributed by atoms with van der Waals surface area (Å²) in [7, 11) is 0. The Morgan fingerprint density at radius 1 is 1.07 bits per heavy atom. The summed E-state index contributed by atoms with van der Waals surface area (Å²) in [6.07, 6.45) is 0. The van der Waals surface area contributed by atoms with Crippen molar-refractivity contribution < 1.29 is 14.3 Å². The minimum absolute atomic E-state index is 0.162. The molecular weight excluding hydrogens is 180 g/mol. The zero-order chi connectivity index (χ0) is 10.9. The molecule has 1 saturated carbocycles. The van der Waals surface area contributed by atoms with Crippen LogP contribution in [0.1, 0.15) is 34.6 Å². The Balaban J connectivity index is 2.56. The van der Waals surface area contributed by atoms with E-state index in [-0.39, 0.29) is 28.7 Å². The summed E-state index contributed by atoms with van der Waals surface area (Å²) in [4.78, 5) is 23.1. The van der Waals surface area contributed by atoms with Crippen LogP contribution in [0.4, 0.5) is 0 Å². The molecule has 0 aromatic rings. The Morgan fingerprint density at radius 3 is 2.00 bits per heavy atom. The van der Waals surface area contributed by atoms with Gasteiger partial charge in [-0.15, -0.1) is 0 Å². The first-order valence-corrected chi connectivity index (χ1v) is 4.93. The van der Waals surface area contributed by atoms with Gasteiger partial charge < -0.3 is 4.74 Å². The summed E-state index contributed by atoms with van der Waals surface area (Å²) in [6, 6.07) is 0. The van der Waals surface area contributed by atoms with E-state index in [1.54, 1.807) is 0 Å². The molecule has 0 bridgehead atoms. The summed E-state index contributed by atoms with van der Waals surface area (Å²) in [5, 5.41) is 0. The van der Waals surface area contributed by atoms with Gasteiger partial charge in [0.2, 0.25) is 0 Å². The molecule has 14 heavy (non-hydrogen) atoms. The average Bonchev–Trinajstić information content (AvgIpc) is 2.23. The van der Waals surface area contributed by atoms with Crippen molar-refractivity contribution in [2.24, 2.45) is 22.2 Å². The van der Waals surface area contributed by atoms with Gasteiger partial charge in [0.05, 0.1) is 11.3 Å². The molecule has 0 spiro atoms. The Morgan fingerprint density at radius 2 is 1.57 bits per heavy atom. The van der Waals surface area contributed by atoms with E-state index in [1.165, 1.54) is 0 Å². The predicted octanol–water partition coefficient (Wildman–Crippen LogP) is 1.76. The molecule has 3 nitrogen and oxygen atoms in total. The number of carbonyl (C=O) groups excluding carboxylic acids is 2. The highest BCUT2D eigenvalue weighted by molar-refractivity contribution is 6.02. The Bertz CT molecular complexity index is 340. The molecule has 0 aromatic heterocycles. The van der Waals surface area contributed by atoms with Crippen molar-refractivity contribution >= 4 is 11.9 Å². The van der Waals surface area contributed by atoms with Crippen LogP contribution in [0, 0.1) is 22.2 Å². The smallest absolute Gasteiger partial charge is 0.320 e. The second kappa shape index (κ2) is 2.05. The zero-order valence-electron chi connectivity index (χ0n) is 9.30. The van der Waals surface area contributed by atoms with Crippen LogP contribution in [0.15, 0.2) is 0 Å². The van der Waals surface area contributed by atoms with Gasteiger partial charge in [-0.25, -0.2) is 0 Å². The molecule has 1 saturated heterocycles. The molecule has 3 heteroatoms. The normalized spacial score (nSPS) is 42.8. The monoisotopic (exact) mass is 196 g/mol. The van der Waals surface area contributed by atoms with E-state index in [0.29, 0.717) is 0 Å². The van der Waals surface area contributed by atoms with Gasteiger partial charge in [-0.1, -0.05) is 27.7 Å². The fourth-order valence-electron chi connectivity index (χ4n) is 3.19. The number of carbonyl (C=O) groups is 2. The summed E-state index contributed by atoms with van der Waals surface area (Å²) in [6.45, 7) is 9.96. The van der Waals surface area contributed by atoms with Gasteiger partial charge in [0.1, 0.15) is 0 Å². The van der Waals surface area contributed by atoms with Crippen molar-refractivity contribution in [1.29, 1.82) is 0 Å². The van der Waals surface area contributed by atoms with E-state index >= 15 is 0 Å². The number of fused-ring (bicyclic) bond motifs is 1. The van der Waals surface area contributed by atoms with Crippen molar-refractivity contribution in [3.63, 3.8) is 0 Å². The molecule has 0 amide bonds. The first-order valence-electron chi connectivity index (χ1n) is 4.93. The lowest BCUT2D eigenvalue weighted by Gasteiger charge is -2.65. The zero-order valence-corrected chi connectivity index (χ0v) is 9.30. The molecule has 1 heterocycles. The number of ether oxygens (including phenoxy) is 1. The Labute approximate surface area is 83.8 Å². The van der Waals surface area contributed by atoms with Crippen molar-refractivity contribution in [3.8, 4) is 0 Å². The van der Waals surface area contributed by atoms with Crippen molar-refractivity contribution in [1.82, 2.24) is 0 Å². The predicted molar refractivity (Wildman–Crippen MR) is 50.3 cm³/mol. The molecule has 2 unspecified atom stereocenters. The average molecular weight is 196 g/mol. The molecule has 2 fully saturated rings. The topological polar surface area (TPSA) is 43.4 Å². The van der Waals surface area contributed by atoms with Crippen molar-refractivity contribution in [2.75, 3.05) is 0 Å². The van der Waals surface area contributed by atoms with Crippen LogP contribution >= 0.6 is 0 Å². The van der Waals surface area contributed by atoms with Crippen LogP contribution in [-0.2, 0) is 14.3 Å². The fourth-order valence-corrected chi connectivity index (χ4v) is 3.19. The highest BCUT2D eigenvalue weighted by atomic mass is 16.6. The number of hydrogen-bond donors (Lipinski definition) is 0. The number of esters is 2. The maximum atomic E-state index is 11.6. The van der Waals surface area contributed by atoms with E-state index in [4.69, 9.17) is 4.74 Å². The molecule has 2 atom stereocenters. The number of hydrogen-bond acceptors (Lipinski definition) is 3. The van der Waals surface area contributed by atoms with Crippen LogP contribution in [0.5, 0.6) is 0 Å². The number of rotatable bonds is 0. The third kappa shape index (κ3) is 0.615. The minimum atomic E-state index is -0.617. The highest BCUT2D eigenvalue weighted by Crippen LogP contribution is 2.73. The maximum absolute atomic E-state index is 11.6. The summed E-state index contributed by atoms with van der Waals surface area (Å²) in [5.41, 5.74) is -0.966. The molecular formula is C11H16O3. The molecule has 1 aliphatic carbocycles. The third-order valence-corrected chi connectivity index (χ3v) is 5.06. The van der Waals surface area contributed by atoms with Gasteiger partial charge in [0.15, 0.2) is 0 Å². The van der Waals surface area contributed by atoms with Crippen LogP contribution in [-0.4, -0.2) is 11.9 Å². The molecule has 0 N–H and O–H groups in total. The summed E-state index contributed by atoms with van der Waals surface area (Å²) in [5.74, 6) is -0.962. The lowest BCUT2D eigenvalue weighted by molar-refractivity contribution is -0.212. The quantitative estimate of drug-likeness (QED) is 0.438. The Kier molecular flexibility index (Phi) is 1.42. The second-order valence-electron chi connectivity index (χ2n) is 5.69. The second-order valence-corrected chi connectivity index (χ2v) is 5.69. The van der Waals surface area contributed by atoms with Gasteiger partial charge in [0, 0.05) is 0 Å². The summed E-state index contributed by atoms with van der Waals surface area (Å²) < 4.78 is 4.74. The van der Waals surface area contributed by atoms with Gasteiger partial charge in [-0.3, -0.25) is 9.59 Å². The first kappa shape index (κ1) is 9.69. The van der Waals surface area contributed by atoms with Gasteiger partial charge in [-0.2, -0.15) is 0 Å². The van der Waals surface area contributed by atoms with E-state index in [1.807, 2.05) is 34.6 Å². The van der Waals surface area contributed by atoms with Crippen LogP contribution in [0.2, 0.25) is 0 Å². The third-order valence-electron chi connectivity index (χ3n) is 5.06. The lowest BCUT2D eigenvalue weighted by atomic mass is 9.34. The van der Waals surface area contributed by atoms with E-state index in [2.05, 4.69) is 0 Å². The van der Waals surface area contributed by atoms with Gasteiger partial charge in [-0.05, 0) is 17.8 Å². The van der Waals surface area contributed by atoms with Gasteiger partial charge >= 0.3 is 11.9 Å². The molecule has 2 rings (SSSR count). The van der Waals surface area contributed by atoms with E-state index < -0.39 is 5.41 Å². The lowest BCUT2D eigenvalue weighted by Crippen LogP contribution is -2.68. The fraction of sp³-hybridized carbons (Fsp3) is 0.818. The molecule has 0 aromatic carbocycles. The highest BCUT2D eigenvalue weighted by Gasteiger charge is 2.79.